The fourth-order valence-electron chi connectivity index (χ4n) is 2.97. The Kier molecular flexibility index (Phi) is 15.8. The van der Waals surface area contributed by atoms with Crippen LogP contribution < -0.4 is 21.3 Å². The summed E-state index contributed by atoms with van der Waals surface area (Å²) in [5.41, 5.74) is -2.38. The van der Waals surface area contributed by atoms with E-state index in [2.05, 4.69) is 34.4 Å². The van der Waals surface area contributed by atoms with Crippen LogP contribution in [0.3, 0.4) is 0 Å². The largest absolute Gasteiger partial charge is 0.480 e. The van der Waals surface area contributed by atoms with Crippen LogP contribution in [-0.2, 0) is 23.8 Å². The van der Waals surface area contributed by atoms with Gasteiger partial charge in [0.1, 0.15) is 24.4 Å². The van der Waals surface area contributed by atoms with Crippen molar-refractivity contribution in [2.75, 3.05) is 32.8 Å². The van der Waals surface area contributed by atoms with Crippen molar-refractivity contribution in [3.63, 3.8) is 0 Å². The summed E-state index contributed by atoms with van der Waals surface area (Å²) in [4.78, 5) is 59.8. The van der Waals surface area contributed by atoms with Gasteiger partial charge in [-0.1, -0.05) is 25.3 Å². The molecule has 210 valence electrons. The molecule has 0 atom stereocenters. The van der Waals surface area contributed by atoms with Crippen molar-refractivity contribution in [1.29, 1.82) is 0 Å². The molecular formula is C24H40N4O9. The van der Waals surface area contributed by atoms with E-state index in [1.807, 2.05) is 0 Å². The van der Waals surface area contributed by atoms with Crippen LogP contribution in [0, 0.1) is 0 Å². The van der Waals surface area contributed by atoms with Crippen molar-refractivity contribution in [3.8, 4) is 0 Å². The van der Waals surface area contributed by atoms with E-state index in [1.165, 1.54) is 12.2 Å². The van der Waals surface area contributed by atoms with E-state index in [-0.39, 0.29) is 65.0 Å². The molecule has 0 radical (unpaired) electrons. The molecule has 13 heteroatoms. The van der Waals surface area contributed by atoms with Crippen LogP contribution in [-0.4, -0.2) is 79.3 Å². The SMILES string of the molecule is C=CCOC(=O)NCCCC(CCCNC(=O)OCC=C)(NC(=O)CCNC(=O)OC(C)(C)C)C(=O)O. The van der Waals surface area contributed by atoms with Gasteiger partial charge in [-0.05, 0) is 46.5 Å². The molecule has 0 aromatic heterocycles. The minimum Gasteiger partial charge on any atom is -0.480 e. The molecule has 0 aliphatic carbocycles. The highest BCUT2D eigenvalue weighted by molar-refractivity contribution is 5.87. The maximum atomic E-state index is 12.6. The van der Waals surface area contributed by atoms with Gasteiger partial charge >= 0.3 is 24.2 Å². The molecule has 0 unspecified atom stereocenters. The molecule has 0 aromatic rings. The van der Waals surface area contributed by atoms with Crippen molar-refractivity contribution in [3.05, 3.63) is 25.3 Å². The van der Waals surface area contributed by atoms with Gasteiger partial charge in [-0.15, -0.1) is 0 Å². The Bertz CT molecular complexity index is 762. The molecule has 13 nitrogen and oxygen atoms in total. The van der Waals surface area contributed by atoms with Gasteiger partial charge < -0.3 is 40.6 Å². The number of carboxylic acid groups (broad SMARTS) is 1. The van der Waals surface area contributed by atoms with Crippen molar-refractivity contribution >= 4 is 30.2 Å². The lowest BCUT2D eigenvalue weighted by Gasteiger charge is -2.31. The summed E-state index contributed by atoms with van der Waals surface area (Å²) in [5.74, 6) is -1.88. The molecule has 0 aromatic carbocycles. The molecule has 5 N–H and O–H groups in total. The topological polar surface area (TPSA) is 181 Å². The molecule has 0 aliphatic heterocycles. The van der Waals surface area contributed by atoms with Gasteiger partial charge in [0.05, 0.1) is 0 Å². The molecular weight excluding hydrogens is 488 g/mol. The van der Waals surface area contributed by atoms with Gasteiger partial charge in [0, 0.05) is 26.1 Å². The first-order chi connectivity index (χ1) is 17.3. The number of ether oxygens (including phenoxy) is 3. The van der Waals surface area contributed by atoms with Gasteiger partial charge in [-0.3, -0.25) is 4.79 Å². The van der Waals surface area contributed by atoms with Crippen LogP contribution >= 0.6 is 0 Å². The maximum absolute atomic E-state index is 12.6. The lowest BCUT2D eigenvalue weighted by molar-refractivity contribution is -0.148. The molecule has 0 saturated carbocycles. The van der Waals surface area contributed by atoms with Crippen LogP contribution in [0.25, 0.3) is 0 Å². The summed E-state index contributed by atoms with van der Waals surface area (Å²) < 4.78 is 14.7. The number of carbonyl (C=O) groups is 5. The molecule has 4 amide bonds. The van der Waals surface area contributed by atoms with E-state index in [0.717, 1.165) is 0 Å². The molecule has 37 heavy (non-hydrogen) atoms. The molecule has 0 rings (SSSR count). The van der Waals surface area contributed by atoms with Crippen molar-refractivity contribution in [2.24, 2.45) is 0 Å². The first kappa shape index (κ1) is 33.2. The number of alkyl carbamates (subject to hydrolysis) is 3. The number of carboxylic acids is 1. The minimum atomic E-state index is -1.68. The standard InChI is InChI=1S/C24H40N4O9/c1-6-16-35-20(32)25-13-8-11-24(19(30)31,12-9-14-26-21(33)36-17-7-2)28-18(29)10-15-27-22(34)37-23(3,4)5/h6-7H,1-2,8-17H2,3-5H3,(H,25,32)(H,26,33)(H,27,34)(H,28,29)(H,30,31). The summed E-state index contributed by atoms with van der Waals surface area (Å²) in [6.07, 6.45) is 0.946. The zero-order valence-corrected chi connectivity index (χ0v) is 21.9. The predicted octanol–water partition coefficient (Wildman–Crippen LogP) is 2.23. The molecule has 0 heterocycles. The van der Waals surface area contributed by atoms with Gasteiger partial charge in [0.2, 0.25) is 5.91 Å². The zero-order chi connectivity index (χ0) is 28.3. The van der Waals surface area contributed by atoms with Crippen molar-refractivity contribution < 1.29 is 43.3 Å². The molecule has 0 saturated heterocycles. The predicted molar refractivity (Wildman–Crippen MR) is 135 cm³/mol. The van der Waals surface area contributed by atoms with E-state index in [9.17, 15) is 29.1 Å². The highest BCUT2D eigenvalue weighted by atomic mass is 16.6. The van der Waals surface area contributed by atoms with Crippen LogP contribution in [0.15, 0.2) is 25.3 Å². The number of hydrogen-bond donors (Lipinski definition) is 5. The number of aliphatic carboxylic acids is 1. The van der Waals surface area contributed by atoms with Crippen molar-refractivity contribution in [1.82, 2.24) is 21.3 Å². The third-order valence-corrected chi connectivity index (χ3v) is 4.57. The second kappa shape index (κ2) is 17.6. The fourth-order valence-corrected chi connectivity index (χ4v) is 2.97. The number of carbonyl (C=O) groups excluding carboxylic acids is 4. The lowest BCUT2D eigenvalue weighted by Crippen LogP contribution is -2.55. The average molecular weight is 529 g/mol. The lowest BCUT2D eigenvalue weighted by atomic mass is 9.87. The maximum Gasteiger partial charge on any atom is 0.407 e. The Morgan fingerprint density at radius 2 is 1.24 bits per heavy atom. The summed E-state index contributed by atoms with van der Waals surface area (Å²) in [6.45, 7) is 12.2. The molecule has 0 fully saturated rings. The highest BCUT2D eigenvalue weighted by Gasteiger charge is 2.39. The number of hydrogen-bond acceptors (Lipinski definition) is 8. The summed E-state index contributed by atoms with van der Waals surface area (Å²) in [7, 11) is 0. The average Bonchev–Trinajstić information content (AvgIpc) is 2.80. The zero-order valence-electron chi connectivity index (χ0n) is 21.9. The first-order valence-electron chi connectivity index (χ1n) is 11.9. The van der Waals surface area contributed by atoms with Gasteiger partial charge in [0.25, 0.3) is 0 Å². The van der Waals surface area contributed by atoms with E-state index in [0.29, 0.717) is 0 Å². The van der Waals surface area contributed by atoms with Gasteiger partial charge in [0.15, 0.2) is 0 Å². The van der Waals surface area contributed by atoms with Crippen molar-refractivity contribution in [2.45, 2.75) is 64.0 Å². The van der Waals surface area contributed by atoms with E-state index in [1.54, 1.807) is 20.8 Å². The van der Waals surface area contributed by atoms with Gasteiger partial charge in [-0.25, -0.2) is 19.2 Å². The Hall–Kier alpha value is -3.77. The number of rotatable bonds is 17. The Labute approximate surface area is 217 Å². The Morgan fingerprint density at radius 3 is 1.65 bits per heavy atom. The third-order valence-electron chi connectivity index (χ3n) is 4.57. The van der Waals surface area contributed by atoms with E-state index >= 15 is 0 Å². The summed E-state index contributed by atoms with van der Waals surface area (Å²) in [5, 5.41) is 20.0. The normalized spacial score (nSPS) is 10.9. The second-order valence-electron chi connectivity index (χ2n) is 8.95. The molecule has 0 spiro atoms. The molecule has 0 bridgehead atoms. The Balaban J connectivity index is 5.08. The minimum absolute atomic E-state index is 0.0176. The highest BCUT2D eigenvalue weighted by Crippen LogP contribution is 2.21. The van der Waals surface area contributed by atoms with E-state index < -0.39 is 41.3 Å². The number of amides is 4. The first-order valence-corrected chi connectivity index (χ1v) is 11.9. The molecule has 0 aliphatic rings. The van der Waals surface area contributed by atoms with Gasteiger partial charge in [-0.2, -0.15) is 0 Å². The van der Waals surface area contributed by atoms with Crippen LogP contribution in [0.1, 0.15) is 52.9 Å². The monoisotopic (exact) mass is 528 g/mol. The smallest absolute Gasteiger partial charge is 0.407 e. The van der Waals surface area contributed by atoms with Crippen LogP contribution in [0.4, 0.5) is 14.4 Å². The summed E-state index contributed by atoms with van der Waals surface area (Å²) in [6, 6.07) is 0. The van der Waals surface area contributed by atoms with E-state index in [4.69, 9.17) is 14.2 Å². The second-order valence-corrected chi connectivity index (χ2v) is 8.95. The number of nitrogens with one attached hydrogen (secondary N) is 4. The third kappa shape index (κ3) is 16.5. The quantitative estimate of drug-likeness (QED) is 0.107. The Morgan fingerprint density at radius 1 is 0.784 bits per heavy atom. The van der Waals surface area contributed by atoms with Crippen LogP contribution in [0.5, 0.6) is 0 Å². The van der Waals surface area contributed by atoms with Crippen LogP contribution in [0.2, 0.25) is 0 Å². The fraction of sp³-hybridized carbons (Fsp3) is 0.625. The summed E-state index contributed by atoms with van der Waals surface area (Å²) >= 11 is 0.